The van der Waals surface area contributed by atoms with Crippen LogP contribution in [0.3, 0.4) is 0 Å². The van der Waals surface area contributed by atoms with Crippen LogP contribution in [0.15, 0.2) is 99.6 Å². The molecule has 196 valence electrons. The number of benzene rings is 3. The lowest BCUT2D eigenvalue weighted by Gasteiger charge is -2.28. The highest BCUT2D eigenvalue weighted by atomic mass is 32.2. The SMILES string of the molecule is O=C(OCC(F)(F)S(=O)(=O)O)C1CCC(Oc2ccc([S+](c3ccccc3)c3ccccc3)cc2)CC1. The van der Waals surface area contributed by atoms with Gasteiger partial charge in [-0.1, -0.05) is 36.4 Å². The first-order valence-electron chi connectivity index (χ1n) is 11.8. The van der Waals surface area contributed by atoms with Crippen molar-refractivity contribution >= 4 is 27.0 Å². The standard InChI is InChI=1S/C27H26F2O6S2/c28-27(29,37(31,32)33)19-34-26(30)20-11-13-21(14-12-20)35-22-15-17-25(18-16-22)36(23-7-3-1-4-8-23)24-9-5-2-6-10-24/h1-10,15-18,20-21H,11-14,19H2/p+1. The molecule has 1 fully saturated rings. The van der Waals surface area contributed by atoms with Crippen LogP contribution in [0.2, 0.25) is 0 Å². The summed E-state index contributed by atoms with van der Waals surface area (Å²) in [5, 5.41) is -4.53. The number of halogens is 2. The monoisotopic (exact) mass is 549 g/mol. The van der Waals surface area contributed by atoms with Crippen molar-refractivity contribution in [1.82, 2.24) is 0 Å². The van der Waals surface area contributed by atoms with E-state index in [0.29, 0.717) is 31.4 Å². The van der Waals surface area contributed by atoms with Crippen molar-refractivity contribution in [3.63, 3.8) is 0 Å². The topological polar surface area (TPSA) is 89.9 Å². The van der Waals surface area contributed by atoms with Gasteiger partial charge in [-0.15, -0.1) is 0 Å². The third kappa shape index (κ3) is 6.88. The summed E-state index contributed by atoms with van der Waals surface area (Å²) in [6.45, 7) is -1.71. The lowest BCUT2D eigenvalue weighted by Crippen LogP contribution is -2.36. The molecule has 10 heteroatoms. The summed E-state index contributed by atoms with van der Waals surface area (Å²) in [5.41, 5.74) is 0. The van der Waals surface area contributed by atoms with Crippen LogP contribution in [0.4, 0.5) is 8.78 Å². The lowest BCUT2D eigenvalue weighted by molar-refractivity contribution is -0.156. The molecule has 0 aliphatic heterocycles. The molecule has 4 rings (SSSR count). The summed E-state index contributed by atoms with van der Waals surface area (Å²) in [6.07, 6.45) is 1.63. The maximum absolute atomic E-state index is 13.3. The van der Waals surface area contributed by atoms with Crippen LogP contribution in [0.25, 0.3) is 0 Å². The molecule has 0 saturated heterocycles. The molecule has 3 aromatic rings. The molecule has 37 heavy (non-hydrogen) atoms. The van der Waals surface area contributed by atoms with Crippen molar-refractivity contribution < 1.29 is 36.0 Å². The fraction of sp³-hybridized carbons (Fsp3) is 0.296. The van der Waals surface area contributed by atoms with Gasteiger partial charge in [0, 0.05) is 0 Å². The van der Waals surface area contributed by atoms with Crippen molar-refractivity contribution in [2.24, 2.45) is 5.92 Å². The Bertz CT molecular complexity index is 1240. The fourth-order valence-electron chi connectivity index (χ4n) is 4.13. The maximum Gasteiger partial charge on any atom is 0.402 e. The molecule has 1 aliphatic carbocycles. The minimum Gasteiger partial charge on any atom is -0.490 e. The highest BCUT2D eigenvalue weighted by Crippen LogP contribution is 2.33. The van der Waals surface area contributed by atoms with Gasteiger partial charge >= 0.3 is 21.3 Å². The predicted octanol–water partition coefficient (Wildman–Crippen LogP) is 5.74. The van der Waals surface area contributed by atoms with E-state index in [1.165, 1.54) is 9.79 Å². The third-order valence-electron chi connectivity index (χ3n) is 6.09. The number of carbonyl (C=O) groups excluding carboxylic acids is 1. The average Bonchev–Trinajstić information content (AvgIpc) is 2.89. The largest absolute Gasteiger partial charge is 0.490 e. The molecule has 0 spiro atoms. The first kappa shape index (κ1) is 27.1. The first-order chi connectivity index (χ1) is 17.6. The summed E-state index contributed by atoms with van der Waals surface area (Å²) in [5.74, 6) is -0.828. The van der Waals surface area contributed by atoms with Crippen molar-refractivity contribution in [3.05, 3.63) is 84.9 Å². The van der Waals surface area contributed by atoms with Gasteiger partial charge in [-0.2, -0.15) is 17.2 Å². The zero-order valence-electron chi connectivity index (χ0n) is 19.8. The van der Waals surface area contributed by atoms with E-state index in [9.17, 15) is 22.0 Å². The summed E-state index contributed by atoms with van der Waals surface area (Å²) in [6, 6.07) is 28.6. The number of rotatable bonds is 9. The second kappa shape index (κ2) is 11.6. The minimum absolute atomic E-state index is 0.143. The third-order valence-corrected chi connectivity index (χ3v) is 9.19. The van der Waals surface area contributed by atoms with Crippen LogP contribution < -0.4 is 4.74 Å². The van der Waals surface area contributed by atoms with E-state index in [1.54, 1.807) is 0 Å². The van der Waals surface area contributed by atoms with Crippen molar-refractivity contribution in [3.8, 4) is 5.75 Å². The molecular formula is C27H27F2O6S2+. The summed E-state index contributed by atoms with van der Waals surface area (Å²) in [7, 11) is -5.91. The van der Waals surface area contributed by atoms with Gasteiger partial charge in [-0.25, -0.2) is 0 Å². The predicted molar refractivity (Wildman–Crippen MR) is 135 cm³/mol. The molecular weight excluding hydrogens is 522 g/mol. The van der Waals surface area contributed by atoms with Crippen molar-refractivity contribution in [2.45, 2.75) is 51.7 Å². The molecule has 0 bridgehead atoms. The Kier molecular flexibility index (Phi) is 8.51. The summed E-state index contributed by atoms with van der Waals surface area (Å²) in [4.78, 5) is 15.7. The normalized spacial score (nSPS) is 18.4. The second-order valence-corrected chi connectivity index (χ2v) is 12.3. The van der Waals surface area contributed by atoms with E-state index >= 15 is 0 Å². The highest BCUT2D eigenvalue weighted by molar-refractivity contribution is 7.97. The number of hydrogen-bond donors (Lipinski definition) is 1. The zero-order valence-corrected chi connectivity index (χ0v) is 21.5. The molecule has 0 heterocycles. The molecule has 0 radical (unpaired) electrons. The number of ether oxygens (including phenoxy) is 2. The van der Waals surface area contributed by atoms with Crippen LogP contribution >= 0.6 is 0 Å². The molecule has 1 aliphatic rings. The van der Waals surface area contributed by atoms with E-state index < -0.39 is 33.9 Å². The fourth-order valence-corrected chi connectivity index (χ4v) is 6.42. The van der Waals surface area contributed by atoms with E-state index in [1.807, 2.05) is 48.5 Å². The van der Waals surface area contributed by atoms with E-state index in [-0.39, 0.29) is 17.0 Å². The number of hydrogen-bond acceptors (Lipinski definition) is 5. The average molecular weight is 550 g/mol. The molecule has 0 amide bonds. The van der Waals surface area contributed by atoms with Gasteiger partial charge in [0.05, 0.1) is 22.9 Å². The Hall–Kier alpha value is -2.95. The number of carbonyl (C=O) groups is 1. The van der Waals surface area contributed by atoms with Gasteiger partial charge in [-0.3, -0.25) is 9.35 Å². The van der Waals surface area contributed by atoms with Crippen molar-refractivity contribution in [1.29, 1.82) is 0 Å². The molecule has 1 N–H and O–H groups in total. The molecule has 6 nitrogen and oxygen atoms in total. The molecule has 3 aromatic carbocycles. The smallest absolute Gasteiger partial charge is 0.402 e. The Balaban J connectivity index is 1.34. The lowest BCUT2D eigenvalue weighted by atomic mass is 9.87. The first-order valence-corrected chi connectivity index (χ1v) is 14.4. The van der Waals surface area contributed by atoms with Crippen LogP contribution in [0.1, 0.15) is 25.7 Å². The van der Waals surface area contributed by atoms with Crippen LogP contribution in [0, 0.1) is 5.92 Å². The van der Waals surface area contributed by atoms with Gasteiger partial charge in [0.2, 0.25) is 0 Å². The van der Waals surface area contributed by atoms with Crippen LogP contribution in [0.5, 0.6) is 5.75 Å². The molecule has 1 saturated carbocycles. The maximum atomic E-state index is 13.3. The van der Waals surface area contributed by atoms with Gasteiger partial charge < -0.3 is 9.47 Å². The quantitative estimate of drug-likeness (QED) is 0.208. The van der Waals surface area contributed by atoms with E-state index in [0.717, 1.165) is 4.90 Å². The van der Waals surface area contributed by atoms with Gasteiger partial charge in [0.15, 0.2) is 21.3 Å². The van der Waals surface area contributed by atoms with Crippen molar-refractivity contribution in [2.75, 3.05) is 6.61 Å². The van der Waals surface area contributed by atoms with E-state index in [4.69, 9.17) is 9.29 Å². The highest BCUT2D eigenvalue weighted by Gasteiger charge is 2.46. The minimum atomic E-state index is -5.64. The van der Waals surface area contributed by atoms with Gasteiger partial charge in [0.25, 0.3) is 0 Å². The second-order valence-electron chi connectivity index (χ2n) is 8.72. The molecule has 0 aromatic heterocycles. The van der Waals surface area contributed by atoms with Gasteiger partial charge in [-0.05, 0) is 74.2 Å². The van der Waals surface area contributed by atoms with E-state index in [2.05, 4.69) is 41.1 Å². The Morgan fingerprint density at radius 1 is 0.838 bits per heavy atom. The molecule has 0 unspecified atom stereocenters. The molecule has 0 atom stereocenters. The summed E-state index contributed by atoms with van der Waals surface area (Å²) < 4.78 is 67.0. The number of esters is 1. The summed E-state index contributed by atoms with van der Waals surface area (Å²) >= 11 is 0. The Morgan fingerprint density at radius 3 is 1.81 bits per heavy atom. The number of alkyl halides is 2. The Labute approximate surface area is 217 Å². The van der Waals surface area contributed by atoms with Gasteiger partial charge in [0.1, 0.15) is 5.75 Å². The zero-order chi connectivity index (χ0) is 26.5. The van der Waals surface area contributed by atoms with Crippen LogP contribution in [-0.4, -0.2) is 36.9 Å². The Morgan fingerprint density at radius 2 is 1.32 bits per heavy atom. The van der Waals surface area contributed by atoms with Crippen LogP contribution in [-0.2, 0) is 30.5 Å².